The predicted molar refractivity (Wildman–Crippen MR) is 167 cm³/mol. The number of alkyl halides is 6. The molecule has 4 aromatic rings. The second kappa shape index (κ2) is 16.4. The van der Waals surface area contributed by atoms with Gasteiger partial charge in [-0.2, -0.15) is 31.4 Å². The molecule has 268 valence electrons. The van der Waals surface area contributed by atoms with E-state index in [1.165, 1.54) is 0 Å². The van der Waals surface area contributed by atoms with E-state index >= 15 is 0 Å². The highest BCUT2D eigenvalue weighted by Gasteiger charge is 2.39. The van der Waals surface area contributed by atoms with Crippen molar-refractivity contribution < 1.29 is 65.1 Å². The molecule has 50 heavy (non-hydrogen) atoms. The van der Waals surface area contributed by atoms with Gasteiger partial charge in [-0.1, -0.05) is 12.1 Å². The number of ether oxygens (including phenoxy) is 3. The molecule has 4 N–H and O–H groups in total. The van der Waals surface area contributed by atoms with Crippen LogP contribution in [0.1, 0.15) is 5.56 Å². The molecule has 5 rings (SSSR count). The smallest absolute Gasteiger partial charge is 0.490 e. The summed E-state index contributed by atoms with van der Waals surface area (Å²) in [4.78, 5) is 33.1. The van der Waals surface area contributed by atoms with Gasteiger partial charge in [0, 0.05) is 37.6 Å². The van der Waals surface area contributed by atoms with Crippen LogP contribution in [0.4, 0.5) is 37.7 Å². The number of aromatic nitrogens is 2. The zero-order valence-corrected chi connectivity index (χ0v) is 26.4. The summed E-state index contributed by atoms with van der Waals surface area (Å²) in [5.41, 5.74) is 4.39. The lowest BCUT2D eigenvalue weighted by atomic mass is 9.95. The molecule has 0 saturated carbocycles. The average molecular weight is 713 g/mol. The predicted octanol–water partition coefficient (Wildman–Crippen LogP) is 6.40. The third kappa shape index (κ3) is 11.1. The highest BCUT2D eigenvalue weighted by atomic mass is 19.4. The summed E-state index contributed by atoms with van der Waals surface area (Å²) in [5, 5.41) is 24.2. The Morgan fingerprint density at radius 2 is 1.58 bits per heavy atom. The summed E-state index contributed by atoms with van der Waals surface area (Å²) in [5.74, 6) is -3.26. The van der Waals surface area contributed by atoms with Crippen LogP contribution < -0.4 is 24.4 Å². The molecule has 1 aliphatic rings. The SMILES string of the molecule is COc1ccc2c(c1)CC(C(=O)Nc1ccc(-c3cn[nH]c3)cc1Oc1cccc(N(C)C)c1)CO2.O=C(O)C(F)(F)F.O=C(O)C(F)(F)F. The van der Waals surface area contributed by atoms with Crippen LogP contribution in [0.15, 0.2) is 73.1 Å². The molecule has 1 unspecified atom stereocenters. The zero-order chi connectivity index (χ0) is 37.2. The van der Waals surface area contributed by atoms with Crippen LogP contribution in [0.25, 0.3) is 11.1 Å². The molecule has 0 bridgehead atoms. The van der Waals surface area contributed by atoms with E-state index in [1.807, 2.05) is 85.9 Å². The van der Waals surface area contributed by atoms with Gasteiger partial charge in [0.15, 0.2) is 5.75 Å². The molecule has 1 amide bonds. The largest absolute Gasteiger partial charge is 0.497 e. The maximum absolute atomic E-state index is 13.3. The molecule has 18 heteroatoms. The lowest BCUT2D eigenvalue weighted by Gasteiger charge is -2.25. The number of fused-ring (bicyclic) bond motifs is 1. The number of rotatable bonds is 7. The van der Waals surface area contributed by atoms with Gasteiger partial charge in [0.2, 0.25) is 5.91 Å². The molecule has 12 nitrogen and oxygen atoms in total. The number of nitrogens with zero attached hydrogens (tertiary/aromatic N) is 2. The van der Waals surface area contributed by atoms with Crippen LogP contribution in [0, 0.1) is 5.92 Å². The van der Waals surface area contributed by atoms with Crippen molar-refractivity contribution in [2.75, 3.05) is 38.0 Å². The van der Waals surface area contributed by atoms with Crippen LogP contribution in [0.2, 0.25) is 0 Å². The van der Waals surface area contributed by atoms with Crippen LogP contribution in [-0.2, 0) is 20.8 Å². The number of carboxylic acid groups (broad SMARTS) is 2. The van der Waals surface area contributed by atoms with Gasteiger partial charge in [0.1, 0.15) is 23.9 Å². The Morgan fingerprint density at radius 3 is 2.14 bits per heavy atom. The first-order chi connectivity index (χ1) is 23.4. The number of methoxy groups -OCH3 is 1. The van der Waals surface area contributed by atoms with Crippen molar-refractivity contribution in [2.24, 2.45) is 5.92 Å². The monoisotopic (exact) mass is 712 g/mol. The van der Waals surface area contributed by atoms with Crippen molar-refractivity contribution in [3.8, 4) is 34.1 Å². The van der Waals surface area contributed by atoms with E-state index in [9.17, 15) is 31.1 Å². The van der Waals surface area contributed by atoms with Crippen LogP contribution in [-0.4, -0.2) is 78.4 Å². The van der Waals surface area contributed by atoms with Gasteiger partial charge in [0.05, 0.1) is 24.9 Å². The number of aliphatic carboxylic acids is 2. The van der Waals surface area contributed by atoms with Crippen LogP contribution in [0.3, 0.4) is 0 Å². The van der Waals surface area contributed by atoms with E-state index < -0.39 is 24.3 Å². The molecule has 1 aliphatic heterocycles. The first-order valence-electron chi connectivity index (χ1n) is 14.2. The van der Waals surface area contributed by atoms with Crippen molar-refractivity contribution in [2.45, 2.75) is 18.8 Å². The fourth-order valence-corrected chi connectivity index (χ4v) is 4.15. The number of benzene rings is 3. The molecule has 0 fully saturated rings. The number of carbonyl (C=O) groups is 3. The number of halogens is 6. The number of carboxylic acids is 2. The molecular formula is C32H30F6N4O8. The second-order valence-electron chi connectivity index (χ2n) is 10.5. The van der Waals surface area contributed by atoms with Crippen molar-refractivity contribution in [3.63, 3.8) is 0 Å². The van der Waals surface area contributed by atoms with Gasteiger partial charge in [0.25, 0.3) is 0 Å². The topological polar surface area (TPSA) is 163 Å². The Bertz CT molecular complexity index is 1760. The van der Waals surface area contributed by atoms with E-state index in [1.54, 1.807) is 13.3 Å². The first-order valence-corrected chi connectivity index (χ1v) is 14.2. The highest BCUT2D eigenvalue weighted by Crippen LogP contribution is 2.36. The van der Waals surface area contributed by atoms with Gasteiger partial charge in [-0.05, 0) is 60.0 Å². The fourth-order valence-electron chi connectivity index (χ4n) is 4.15. The van der Waals surface area contributed by atoms with Gasteiger partial charge in [-0.3, -0.25) is 9.89 Å². The van der Waals surface area contributed by atoms with Crippen molar-refractivity contribution >= 4 is 29.2 Å². The van der Waals surface area contributed by atoms with Gasteiger partial charge >= 0.3 is 24.3 Å². The summed E-state index contributed by atoms with van der Waals surface area (Å²) < 4.78 is 81.0. The Morgan fingerprint density at radius 1 is 0.920 bits per heavy atom. The van der Waals surface area contributed by atoms with Crippen LogP contribution in [0.5, 0.6) is 23.0 Å². The number of hydrogen-bond donors (Lipinski definition) is 4. The summed E-state index contributed by atoms with van der Waals surface area (Å²) in [7, 11) is 5.58. The Hall–Kier alpha value is -5.94. The van der Waals surface area contributed by atoms with E-state index in [0.717, 1.165) is 33.9 Å². The minimum absolute atomic E-state index is 0.133. The minimum atomic E-state index is -5.08. The third-order valence-corrected chi connectivity index (χ3v) is 6.66. The minimum Gasteiger partial charge on any atom is -0.497 e. The highest BCUT2D eigenvalue weighted by molar-refractivity contribution is 5.95. The molecule has 0 saturated heterocycles. The van der Waals surface area contributed by atoms with E-state index in [4.69, 9.17) is 34.0 Å². The Labute approximate surface area is 280 Å². The molecule has 1 atom stereocenters. The summed E-state index contributed by atoms with van der Waals surface area (Å²) in [6, 6.07) is 19.1. The van der Waals surface area contributed by atoms with Crippen molar-refractivity contribution in [3.05, 3.63) is 78.6 Å². The molecular weight excluding hydrogens is 682 g/mol. The maximum atomic E-state index is 13.3. The lowest BCUT2D eigenvalue weighted by Crippen LogP contribution is -2.32. The summed E-state index contributed by atoms with van der Waals surface area (Å²) in [6.07, 6.45) is -6.04. The van der Waals surface area contributed by atoms with Gasteiger partial charge < -0.3 is 34.6 Å². The third-order valence-electron chi connectivity index (χ3n) is 6.66. The second-order valence-corrected chi connectivity index (χ2v) is 10.5. The Balaban J connectivity index is 0.000000408. The molecule has 1 aromatic heterocycles. The van der Waals surface area contributed by atoms with E-state index in [-0.39, 0.29) is 11.8 Å². The fraction of sp³-hybridized carbons (Fsp3) is 0.250. The van der Waals surface area contributed by atoms with Crippen molar-refractivity contribution in [1.29, 1.82) is 0 Å². The molecule has 0 radical (unpaired) electrons. The Kier molecular flexibility index (Phi) is 12.7. The molecule has 0 aliphatic carbocycles. The quantitative estimate of drug-likeness (QED) is 0.158. The maximum Gasteiger partial charge on any atom is 0.490 e. The van der Waals surface area contributed by atoms with Crippen molar-refractivity contribution in [1.82, 2.24) is 10.2 Å². The number of carbonyl (C=O) groups excluding carboxylic acids is 1. The lowest BCUT2D eigenvalue weighted by molar-refractivity contribution is -0.193. The number of H-pyrrole nitrogens is 1. The normalized spacial score (nSPS) is 13.5. The standard InChI is InChI=1S/C28H28N4O4.2C2HF3O2/c1-32(2)22-5-4-6-24(14-22)36-27-13-18(21-15-29-30-16-21)7-9-25(27)31-28(33)20-11-19-12-23(34-3)8-10-26(19)35-17-20;2*3-2(4,5)1(6)7/h4-10,12-16,20H,11,17H2,1-3H3,(H,29,30)(H,31,33);2*(H,6,7). The number of nitrogens with one attached hydrogen (secondary N) is 2. The summed E-state index contributed by atoms with van der Waals surface area (Å²) >= 11 is 0. The van der Waals surface area contributed by atoms with Gasteiger partial charge in [-0.15, -0.1) is 0 Å². The number of amides is 1. The van der Waals surface area contributed by atoms with Crippen LogP contribution >= 0.6 is 0 Å². The number of aromatic amines is 1. The molecule has 3 aromatic carbocycles. The first kappa shape index (κ1) is 38.5. The van der Waals surface area contributed by atoms with Gasteiger partial charge in [-0.25, -0.2) is 9.59 Å². The molecule has 0 spiro atoms. The van der Waals surface area contributed by atoms with E-state index in [2.05, 4.69) is 15.5 Å². The molecule has 2 heterocycles. The number of hydrogen-bond acceptors (Lipinski definition) is 8. The zero-order valence-electron chi connectivity index (χ0n) is 26.4. The number of anilines is 2. The average Bonchev–Trinajstić information content (AvgIpc) is 3.60. The van der Waals surface area contributed by atoms with E-state index in [0.29, 0.717) is 30.2 Å². The summed E-state index contributed by atoms with van der Waals surface area (Å²) in [6.45, 7) is 0.305.